The van der Waals surface area contributed by atoms with Crippen LogP contribution in [0.15, 0.2) is 18.2 Å². The van der Waals surface area contributed by atoms with Crippen LogP contribution in [0.1, 0.15) is 23.2 Å². The van der Waals surface area contributed by atoms with Gasteiger partial charge in [0.05, 0.1) is 24.0 Å². The number of carbonyl (C=O) groups excluding carboxylic acids is 1. The summed E-state index contributed by atoms with van der Waals surface area (Å²) in [6.45, 7) is 1.90. The quantitative estimate of drug-likeness (QED) is 0.447. The van der Waals surface area contributed by atoms with Crippen LogP contribution >= 0.6 is 0 Å². The third kappa shape index (κ3) is 5.18. The van der Waals surface area contributed by atoms with Gasteiger partial charge in [0, 0.05) is 6.54 Å². The highest BCUT2D eigenvalue weighted by Gasteiger charge is 2.07. The number of nitrogen functional groups attached to an aromatic ring is 1. The van der Waals surface area contributed by atoms with Gasteiger partial charge in [0.15, 0.2) is 0 Å². The largest absolute Gasteiger partial charge is 0.465 e. The Labute approximate surface area is 114 Å². The maximum atomic E-state index is 11.4. The lowest BCUT2D eigenvalue weighted by atomic mass is 10.1. The van der Waals surface area contributed by atoms with Crippen molar-refractivity contribution in [1.29, 1.82) is 0 Å². The lowest BCUT2D eigenvalue weighted by molar-refractivity contribution is 0.0601. The average Bonchev–Trinajstić information content (AvgIpc) is 2.39. The number of unbranched alkanes of at least 4 members (excludes halogenated alkanes) is 1. The maximum Gasteiger partial charge on any atom is 0.337 e. The predicted molar refractivity (Wildman–Crippen MR) is 78.5 cm³/mol. The Balaban J connectivity index is 2.50. The molecule has 5 heteroatoms. The van der Waals surface area contributed by atoms with E-state index in [0.29, 0.717) is 11.3 Å². The van der Waals surface area contributed by atoms with Crippen molar-refractivity contribution in [3.05, 3.63) is 23.8 Å². The zero-order valence-electron chi connectivity index (χ0n) is 11.9. The van der Waals surface area contributed by atoms with Crippen molar-refractivity contribution >= 4 is 17.3 Å². The Hall–Kier alpha value is -1.75. The van der Waals surface area contributed by atoms with Gasteiger partial charge in [-0.15, -0.1) is 0 Å². The molecule has 0 aliphatic heterocycles. The molecule has 1 aromatic carbocycles. The first-order chi connectivity index (χ1) is 9.04. The summed E-state index contributed by atoms with van der Waals surface area (Å²) >= 11 is 0. The number of nitrogens with one attached hydrogen (secondary N) is 1. The highest BCUT2D eigenvalue weighted by molar-refractivity contribution is 5.91. The van der Waals surface area contributed by atoms with Gasteiger partial charge in [-0.05, 0) is 51.7 Å². The van der Waals surface area contributed by atoms with E-state index in [4.69, 9.17) is 5.73 Å². The van der Waals surface area contributed by atoms with Crippen LogP contribution in [-0.4, -0.2) is 45.2 Å². The molecule has 106 valence electrons. The number of methoxy groups -OCH3 is 1. The first kappa shape index (κ1) is 15.3. The van der Waals surface area contributed by atoms with Gasteiger partial charge < -0.3 is 20.7 Å². The molecular formula is C14H23N3O2. The Morgan fingerprint density at radius 3 is 2.74 bits per heavy atom. The second-order valence-corrected chi connectivity index (χ2v) is 4.73. The molecule has 0 unspecified atom stereocenters. The summed E-state index contributed by atoms with van der Waals surface area (Å²) in [4.78, 5) is 13.6. The van der Waals surface area contributed by atoms with Crippen LogP contribution in [0.5, 0.6) is 0 Å². The molecule has 19 heavy (non-hydrogen) atoms. The van der Waals surface area contributed by atoms with Crippen LogP contribution in [0, 0.1) is 0 Å². The van der Waals surface area contributed by atoms with E-state index in [1.54, 1.807) is 18.2 Å². The molecule has 1 aromatic rings. The summed E-state index contributed by atoms with van der Waals surface area (Å²) in [5.41, 5.74) is 7.80. The van der Waals surface area contributed by atoms with Crippen molar-refractivity contribution in [3.8, 4) is 0 Å². The average molecular weight is 265 g/mol. The first-order valence-corrected chi connectivity index (χ1v) is 6.41. The minimum absolute atomic E-state index is 0.351. The summed E-state index contributed by atoms with van der Waals surface area (Å²) in [6, 6.07) is 5.11. The summed E-state index contributed by atoms with van der Waals surface area (Å²) in [5, 5.41) is 3.25. The highest BCUT2D eigenvalue weighted by atomic mass is 16.5. The van der Waals surface area contributed by atoms with Gasteiger partial charge >= 0.3 is 5.97 Å². The van der Waals surface area contributed by atoms with E-state index in [2.05, 4.69) is 29.0 Å². The first-order valence-electron chi connectivity index (χ1n) is 6.41. The molecule has 0 aliphatic rings. The Kier molecular flexibility index (Phi) is 6.15. The second kappa shape index (κ2) is 7.63. The molecule has 0 bridgehead atoms. The molecule has 0 aliphatic carbocycles. The van der Waals surface area contributed by atoms with Crippen LogP contribution in [0.2, 0.25) is 0 Å². The SMILES string of the molecule is COC(=O)c1ccc(N)c(NCCCCN(C)C)c1. The summed E-state index contributed by atoms with van der Waals surface area (Å²) < 4.78 is 4.69. The third-order valence-corrected chi connectivity index (χ3v) is 2.82. The predicted octanol–water partition coefficient (Wildman–Crippen LogP) is 1.81. The summed E-state index contributed by atoms with van der Waals surface area (Å²) in [5.74, 6) is -0.351. The molecule has 0 aromatic heterocycles. The summed E-state index contributed by atoms with van der Waals surface area (Å²) in [7, 11) is 5.49. The number of benzene rings is 1. The van der Waals surface area contributed by atoms with Crippen LogP contribution in [0.3, 0.4) is 0 Å². The Bertz CT molecular complexity index is 419. The molecule has 0 fully saturated rings. The highest BCUT2D eigenvalue weighted by Crippen LogP contribution is 2.20. The fourth-order valence-corrected chi connectivity index (χ4v) is 1.73. The Morgan fingerprint density at radius 2 is 2.11 bits per heavy atom. The smallest absolute Gasteiger partial charge is 0.337 e. The molecule has 5 nitrogen and oxygen atoms in total. The van der Waals surface area contributed by atoms with Gasteiger partial charge in [-0.25, -0.2) is 4.79 Å². The van der Waals surface area contributed by atoms with Crippen LogP contribution < -0.4 is 11.1 Å². The number of carbonyl (C=O) groups is 1. The van der Waals surface area contributed by atoms with E-state index in [1.807, 2.05) is 0 Å². The fraction of sp³-hybridized carbons (Fsp3) is 0.500. The number of hydrogen-bond acceptors (Lipinski definition) is 5. The molecule has 0 atom stereocenters. The van der Waals surface area contributed by atoms with Gasteiger partial charge in [-0.3, -0.25) is 0 Å². The van der Waals surface area contributed by atoms with Crippen molar-refractivity contribution in [2.45, 2.75) is 12.8 Å². The van der Waals surface area contributed by atoms with Gasteiger partial charge in [0.25, 0.3) is 0 Å². The minimum Gasteiger partial charge on any atom is -0.465 e. The number of nitrogens with zero attached hydrogens (tertiary/aromatic N) is 1. The zero-order chi connectivity index (χ0) is 14.3. The normalized spacial score (nSPS) is 10.5. The van der Waals surface area contributed by atoms with Crippen molar-refractivity contribution in [2.24, 2.45) is 0 Å². The lowest BCUT2D eigenvalue weighted by Crippen LogP contribution is -2.14. The fourth-order valence-electron chi connectivity index (χ4n) is 1.73. The van der Waals surface area contributed by atoms with Crippen LogP contribution in [-0.2, 0) is 4.74 Å². The van der Waals surface area contributed by atoms with Crippen LogP contribution in [0.25, 0.3) is 0 Å². The maximum absolute atomic E-state index is 11.4. The molecule has 1 rings (SSSR count). The van der Waals surface area contributed by atoms with Gasteiger partial charge in [0.1, 0.15) is 0 Å². The van der Waals surface area contributed by atoms with E-state index >= 15 is 0 Å². The Morgan fingerprint density at radius 1 is 1.37 bits per heavy atom. The number of esters is 1. The van der Waals surface area contributed by atoms with E-state index in [0.717, 1.165) is 31.6 Å². The number of anilines is 2. The molecule has 0 saturated heterocycles. The van der Waals surface area contributed by atoms with E-state index < -0.39 is 0 Å². The molecule has 0 amide bonds. The number of ether oxygens (including phenoxy) is 1. The topological polar surface area (TPSA) is 67.6 Å². The van der Waals surface area contributed by atoms with Gasteiger partial charge in [-0.1, -0.05) is 0 Å². The summed E-state index contributed by atoms with van der Waals surface area (Å²) in [6.07, 6.45) is 2.18. The van der Waals surface area contributed by atoms with Crippen LogP contribution in [0.4, 0.5) is 11.4 Å². The standard InChI is InChI=1S/C14H23N3O2/c1-17(2)9-5-4-8-16-13-10-11(14(18)19-3)6-7-12(13)15/h6-7,10,16H,4-5,8-9,15H2,1-3H3. The lowest BCUT2D eigenvalue weighted by Gasteiger charge is -2.12. The van der Waals surface area contributed by atoms with Crippen molar-refractivity contribution in [3.63, 3.8) is 0 Å². The van der Waals surface area contributed by atoms with Gasteiger partial charge in [0.2, 0.25) is 0 Å². The van der Waals surface area contributed by atoms with E-state index in [-0.39, 0.29) is 5.97 Å². The molecular weight excluding hydrogens is 242 g/mol. The third-order valence-electron chi connectivity index (χ3n) is 2.82. The van der Waals surface area contributed by atoms with E-state index in [1.165, 1.54) is 7.11 Å². The number of nitrogens with two attached hydrogens (primary N) is 1. The molecule has 0 heterocycles. The van der Waals surface area contributed by atoms with Gasteiger partial charge in [-0.2, -0.15) is 0 Å². The van der Waals surface area contributed by atoms with Crippen molar-refractivity contribution < 1.29 is 9.53 Å². The molecule has 0 radical (unpaired) electrons. The minimum atomic E-state index is -0.351. The molecule has 0 saturated carbocycles. The van der Waals surface area contributed by atoms with Crippen molar-refractivity contribution in [2.75, 3.05) is 45.3 Å². The molecule has 3 N–H and O–H groups in total. The monoisotopic (exact) mass is 265 g/mol. The van der Waals surface area contributed by atoms with Crippen molar-refractivity contribution in [1.82, 2.24) is 4.90 Å². The molecule has 0 spiro atoms. The number of rotatable bonds is 7. The van der Waals surface area contributed by atoms with E-state index in [9.17, 15) is 4.79 Å². The zero-order valence-corrected chi connectivity index (χ0v) is 11.9. The number of hydrogen-bond donors (Lipinski definition) is 2. The second-order valence-electron chi connectivity index (χ2n) is 4.73.